The highest BCUT2D eigenvalue weighted by Gasteiger charge is 2.20. The molecule has 6 nitrogen and oxygen atoms in total. The molecule has 0 atom stereocenters. The number of carboxylic acid groups (broad SMARTS) is 1. The Kier molecular flexibility index (Phi) is 4.51. The van der Waals surface area contributed by atoms with Gasteiger partial charge < -0.3 is 9.84 Å². The Balaban J connectivity index is 3.28. The first kappa shape index (κ1) is 14.6. The number of benzene rings is 1. The van der Waals surface area contributed by atoms with Crippen LogP contribution in [-0.4, -0.2) is 22.6 Å². The van der Waals surface area contributed by atoms with Crippen LogP contribution in [0.2, 0.25) is 0 Å². The van der Waals surface area contributed by atoms with E-state index >= 15 is 0 Å². The van der Waals surface area contributed by atoms with Crippen molar-refractivity contribution in [2.45, 2.75) is 13.5 Å². The number of ether oxygens (including phenoxy) is 1. The van der Waals surface area contributed by atoms with Crippen molar-refractivity contribution in [3.8, 4) is 5.75 Å². The van der Waals surface area contributed by atoms with Gasteiger partial charge in [0, 0.05) is 12.1 Å². The van der Waals surface area contributed by atoms with E-state index in [4.69, 9.17) is 5.11 Å². The van der Waals surface area contributed by atoms with E-state index in [1.54, 1.807) is 0 Å². The summed E-state index contributed by atoms with van der Waals surface area (Å²) >= 11 is 0. The minimum atomic E-state index is -3.18. The normalized spacial score (nSPS) is 10.9. The predicted octanol–water partition coefficient (Wildman–Crippen LogP) is 2.60. The van der Waals surface area contributed by atoms with Crippen molar-refractivity contribution in [2.75, 3.05) is 0 Å². The van der Waals surface area contributed by atoms with E-state index in [0.29, 0.717) is 5.56 Å². The number of aryl methyl sites for hydroxylation is 1. The molecule has 0 fully saturated rings. The molecule has 0 amide bonds. The number of hydrogen-bond acceptors (Lipinski definition) is 4. The standard InChI is InChI=1S/C11H9F2NO5/c1-6-4-9(19-11(12)13)8(14(17)18)5-7(6)2-3-10(15)16/h2-5,11H,1H3,(H,15,16)/b3-2+. The first-order valence-electron chi connectivity index (χ1n) is 4.96. The summed E-state index contributed by atoms with van der Waals surface area (Å²) in [7, 11) is 0. The molecule has 102 valence electrons. The van der Waals surface area contributed by atoms with E-state index in [1.165, 1.54) is 6.92 Å². The molecule has 0 spiro atoms. The van der Waals surface area contributed by atoms with Crippen LogP contribution in [0.15, 0.2) is 18.2 Å². The molecule has 0 aliphatic rings. The summed E-state index contributed by atoms with van der Waals surface area (Å²) in [6.45, 7) is -1.69. The van der Waals surface area contributed by atoms with Crippen molar-refractivity contribution in [1.82, 2.24) is 0 Å². The smallest absolute Gasteiger partial charge is 0.387 e. The molecule has 0 aromatic heterocycles. The molecular weight excluding hydrogens is 264 g/mol. The van der Waals surface area contributed by atoms with Crippen molar-refractivity contribution in [2.24, 2.45) is 0 Å². The number of halogens is 2. The van der Waals surface area contributed by atoms with Crippen molar-refractivity contribution in [3.05, 3.63) is 39.4 Å². The molecule has 0 unspecified atom stereocenters. The molecule has 1 N–H and O–H groups in total. The van der Waals surface area contributed by atoms with Gasteiger partial charge in [0.25, 0.3) is 0 Å². The molecule has 0 saturated heterocycles. The number of rotatable bonds is 5. The summed E-state index contributed by atoms with van der Waals surface area (Å²) in [5, 5.41) is 19.2. The molecule has 0 heterocycles. The van der Waals surface area contributed by atoms with Crippen molar-refractivity contribution >= 4 is 17.7 Å². The van der Waals surface area contributed by atoms with E-state index in [1.807, 2.05) is 0 Å². The molecule has 0 aliphatic heterocycles. The fourth-order valence-electron chi connectivity index (χ4n) is 1.36. The third-order valence-electron chi connectivity index (χ3n) is 2.17. The van der Waals surface area contributed by atoms with E-state index in [-0.39, 0.29) is 5.56 Å². The Bertz CT molecular complexity index is 542. The van der Waals surface area contributed by atoms with Crippen LogP contribution in [0.25, 0.3) is 6.08 Å². The maximum Gasteiger partial charge on any atom is 0.387 e. The summed E-state index contributed by atoms with van der Waals surface area (Å²) in [6, 6.07) is 2.04. The van der Waals surface area contributed by atoms with Crippen LogP contribution in [0.4, 0.5) is 14.5 Å². The average molecular weight is 273 g/mol. The topological polar surface area (TPSA) is 89.7 Å². The lowest BCUT2D eigenvalue weighted by Crippen LogP contribution is -2.05. The number of aliphatic carboxylic acids is 1. The second-order valence-corrected chi connectivity index (χ2v) is 3.48. The maximum atomic E-state index is 12.1. The fourth-order valence-corrected chi connectivity index (χ4v) is 1.36. The fraction of sp³-hybridized carbons (Fsp3) is 0.182. The van der Waals surface area contributed by atoms with Gasteiger partial charge in [-0.1, -0.05) is 0 Å². The van der Waals surface area contributed by atoms with Crippen LogP contribution < -0.4 is 4.74 Å². The zero-order valence-electron chi connectivity index (χ0n) is 9.67. The first-order chi connectivity index (χ1) is 8.81. The molecule has 0 saturated carbocycles. The molecular formula is C11H9F2NO5. The van der Waals surface area contributed by atoms with E-state index < -0.39 is 28.9 Å². The van der Waals surface area contributed by atoms with Crippen LogP contribution in [0.3, 0.4) is 0 Å². The Morgan fingerprint density at radius 1 is 1.53 bits per heavy atom. The number of alkyl halides is 2. The van der Waals surface area contributed by atoms with Gasteiger partial charge in [0.2, 0.25) is 5.75 Å². The monoisotopic (exact) mass is 273 g/mol. The van der Waals surface area contributed by atoms with Gasteiger partial charge in [-0.2, -0.15) is 8.78 Å². The van der Waals surface area contributed by atoms with Crippen molar-refractivity contribution in [3.63, 3.8) is 0 Å². The SMILES string of the molecule is Cc1cc(OC(F)F)c([N+](=O)[O-])cc1/C=C/C(=O)O. The average Bonchev–Trinajstić information content (AvgIpc) is 2.26. The summed E-state index contributed by atoms with van der Waals surface area (Å²) in [5.74, 6) is -1.79. The van der Waals surface area contributed by atoms with Crippen LogP contribution in [0.1, 0.15) is 11.1 Å². The Morgan fingerprint density at radius 2 is 2.16 bits per heavy atom. The lowest BCUT2D eigenvalue weighted by atomic mass is 10.1. The largest absolute Gasteiger partial charge is 0.478 e. The number of nitro groups is 1. The van der Waals surface area contributed by atoms with Gasteiger partial charge >= 0.3 is 18.3 Å². The number of carbonyl (C=O) groups is 1. The highest BCUT2D eigenvalue weighted by molar-refractivity contribution is 5.85. The van der Waals surface area contributed by atoms with Gasteiger partial charge in [-0.25, -0.2) is 4.79 Å². The van der Waals surface area contributed by atoms with Gasteiger partial charge in [0.1, 0.15) is 0 Å². The first-order valence-corrected chi connectivity index (χ1v) is 4.96. The quantitative estimate of drug-likeness (QED) is 0.506. The molecule has 0 bridgehead atoms. The Hall–Kier alpha value is -2.51. The zero-order chi connectivity index (χ0) is 14.6. The highest BCUT2D eigenvalue weighted by Crippen LogP contribution is 2.32. The third-order valence-corrected chi connectivity index (χ3v) is 2.17. The summed E-state index contributed by atoms with van der Waals surface area (Å²) in [6.07, 6.45) is 1.93. The van der Waals surface area contributed by atoms with Gasteiger partial charge in [0.05, 0.1) is 4.92 Å². The summed E-state index contributed by atoms with van der Waals surface area (Å²) in [4.78, 5) is 20.2. The van der Waals surface area contributed by atoms with E-state index in [2.05, 4.69) is 4.74 Å². The van der Waals surface area contributed by atoms with Gasteiger partial charge in [-0.15, -0.1) is 0 Å². The van der Waals surface area contributed by atoms with Gasteiger partial charge in [-0.3, -0.25) is 10.1 Å². The van der Waals surface area contributed by atoms with Gasteiger partial charge in [-0.05, 0) is 30.2 Å². The summed E-state index contributed by atoms with van der Waals surface area (Å²) < 4.78 is 28.3. The molecule has 8 heteroatoms. The maximum absolute atomic E-state index is 12.1. The second kappa shape index (κ2) is 5.89. The summed E-state index contributed by atoms with van der Waals surface area (Å²) in [5.41, 5.74) is -0.0506. The minimum absolute atomic E-state index is 0.232. The minimum Gasteiger partial charge on any atom is -0.478 e. The van der Waals surface area contributed by atoms with Crippen molar-refractivity contribution in [1.29, 1.82) is 0 Å². The third kappa shape index (κ3) is 4.02. The van der Waals surface area contributed by atoms with Gasteiger partial charge in [0.15, 0.2) is 0 Å². The molecule has 0 aliphatic carbocycles. The highest BCUT2D eigenvalue weighted by atomic mass is 19.3. The lowest BCUT2D eigenvalue weighted by Gasteiger charge is -2.08. The van der Waals surface area contributed by atoms with E-state index in [0.717, 1.165) is 24.3 Å². The van der Waals surface area contributed by atoms with Crippen LogP contribution in [0, 0.1) is 17.0 Å². The van der Waals surface area contributed by atoms with E-state index in [9.17, 15) is 23.7 Å². The molecule has 1 rings (SSSR count). The van der Waals surface area contributed by atoms with Crippen LogP contribution >= 0.6 is 0 Å². The van der Waals surface area contributed by atoms with Crippen molar-refractivity contribution < 1.29 is 28.3 Å². The molecule has 1 aromatic rings. The molecule has 0 radical (unpaired) electrons. The Labute approximate surface area is 106 Å². The number of nitro benzene ring substituents is 1. The Morgan fingerprint density at radius 3 is 2.63 bits per heavy atom. The number of hydrogen-bond donors (Lipinski definition) is 1. The van der Waals surface area contributed by atoms with Crippen LogP contribution in [0.5, 0.6) is 5.75 Å². The zero-order valence-corrected chi connectivity index (χ0v) is 9.67. The predicted molar refractivity (Wildman–Crippen MR) is 61.1 cm³/mol. The molecule has 1 aromatic carbocycles. The molecule has 19 heavy (non-hydrogen) atoms. The lowest BCUT2D eigenvalue weighted by molar-refractivity contribution is -0.386. The second-order valence-electron chi connectivity index (χ2n) is 3.48. The number of nitrogens with zero attached hydrogens (tertiary/aromatic N) is 1. The number of carboxylic acids is 1. The van der Waals surface area contributed by atoms with Crippen LogP contribution in [-0.2, 0) is 4.79 Å².